The lowest BCUT2D eigenvalue weighted by molar-refractivity contribution is 0.0802. The molecule has 1 unspecified atom stereocenters. The third-order valence-corrected chi connectivity index (χ3v) is 4.49. The van der Waals surface area contributed by atoms with Crippen molar-refractivity contribution in [2.75, 3.05) is 20.1 Å². The molecule has 0 heterocycles. The molecule has 6 heteroatoms. The predicted octanol–water partition coefficient (Wildman–Crippen LogP) is 2.06. The Morgan fingerprint density at radius 2 is 1.96 bits per heavy atom. The van der Waals surface area contributed by atoms with Crippen LogP contribution in [-0.4, -0.2) is 42.4 Å². The van der Waals surface area contributed by atoms with Crippen molar-refractivity contribution >= 4 is 24.2 Å². The SMILES string of the molecule is CCN(C)C(=O)c1cccc(C(=O)NC(C)(CN)C2CC2)c1.Cl. The Morgan fingerprint density at radius 3 is 2.48 bits per heavy atom. The fourth-order valence-corrected chi connectivity index (χ4v) is 2.53. The van der Waals surface area contributed by atoms with Crippen LogP contribution in [-0.2, 0) is 0 Å². The van der Waals surface area contributed by atoms with Gasteiger partial charge in [-0.15, -0.1) is 12.4 Å². The number of hydrogen-bond acceptors (Lipinski definition) is 3. The molecule has 0 spiro atoms. The molecule has 23 heavy (non-hydrogen) atoms. The third kappa shape index (κ3) is 4.45. The van der Waals surface area contributed by atoms with E-state index in [4.69, 9.17) is 5.73 Å². The second-order valence-electron chi connectivity index (χ2n) is 6.25. The second-order valence-corrected chi connectivity index (χ2v) is 6.25. The van der Waals surface area contributed by atoms with Gasteiger partial charge < -0.3 is 16.0 Å². The number of rotatable bonds is 6. The van der Waals surface area contributed by atoms with Crippen LogP contribution >= 0.6 is 12.4 Å². The van der Waals surface area contributed by atoms with Crippen molar-refractivity contribution in [1.29, 1.82) is 0 Å². The number of hydrogen-bond donors (Lipinski definition) is 2. The van der Waals surface area contributed by atoms with Crippen LogP contribution in [0.1, 0.15) is 47.4 Å². The molecule has 1 aromatic rings. The molecule has 2 amide bonds. The molecule has 1 aliphatic rings. The average molecular weight is 340 g/mol. The zero-order valence-electron chi connectivity index (χ0n) is 14.0. The highest BCUT2D eigenvalue weighted by molar-refractivity contribution is 5.99. The first kappa shape index (κ1) is 19.5. The van der Waals surface area contributed by atoms with E-state index >= 15 is 0 Å². The van der Waals surface area contributed by atoms with E-state index in [1.165, 1.54) is 0 Å². The number of carbonyl (C=O) groups excluding carboxylic acids is 2. The molecule has 0 aromatic heterocycles. The molecule has 1 aliphatic carbocycles. The van der Waals surface area contributed by atoms with Gasteiger partial charge in [-0.05, 0) is 50.8 Å². The maximum absolute atomic E-state index is 12.5. The van der Waals surface area contributed by atoms with E-state index in [0.717, 1.165) is 12.8 Å². The van der Waals surface area contributed by atoms with Gasteiger partial charge in [0.1, 0.15) is 0 Å². The van der Waals surface area contributed by atoms with Crippen molar-refractivity contribution in [2.45, 2.75) is 32.2 Å². The van der Waals surface area contributed by atoms with Crippen LogP contribution < -0.4 is 11.1 Å². The average Bonchev–Trinajstić information content (AvgIpc) is 3.38. The van der Waals surface area contributed by atoms with E-state index < -0.39 is 0 Å². The summed E-state index contributed by atoms with van der Waals surface area (Å²) in [5.41, 5.74) is 6.49. The summed E-state index contributed by atoms with van der Waals surface area (Å²) >= 11 is 0. The van der Waals surface area contributed by atoms with Gasteiger partial charge in [0.25, 0.3) is 11.8 Å². The number of halogens is 1. The lowest BCUT2D eigenvalue weighted by atomic mass is 9.95. The quantitative estimate of drug-likeness (QED) is 0.833. The van der Waals surface area contributed by atoms with E-state index in [-0.39, 0.29) is 29.8 Å². The lowest BCUT2D eigenvalue weighted by Gasteiger charge is -2.29. The fraction of sp³-hybridized carbons (Fsp3) is 0.529. The maximum Gasteiger partial charge on any atom is 0.253 e. The highest BCUT2D eigenvalue weighted by atomic mass is 35.5. The largest absolute Gasteiger partial charge is 0.345 e. The Balaban J connectivity index is 0.00000264. The minimum absolute atomic E-state index is 0. The van der Waals surface area contributed by atoms with Crippen LogP contribution in [0.5, 0.6) is 0 Å². The van der Waals surface area contributed by atoms with E-state index in [1.807, 2.05) is 13.8 Å². The molecule has 5 nitrogen and oxygen atoms in total. The number of nitrogens with zero attached hydrogens (tertiary/aromatic N) is 1. The molecule has 0 bridgehead atoms. The smallest absolute Gasteiger partial charge is 0.253 e. The van der Waals surface area contributed by atoms with E-state index in [9.17, 15) is 9.59 Å². The van der Waals surface area contributed by atoms with Crippen molar-refractivity contribution < 1.29 is 9.59 Å². The third-order valence-electron chi connectivity index (χ3n) is 4.49. The first-order chi connectivity index (χ1) is 10.4. The molecular weight excluding hydrogens is 314 g/mol. The highest BCUT2D eigenvalue weighted by Crippen LogP contribution is 2.39. The minimum atomic E-state index is -0.364. The van der Waals surface area contributed by atoms with Crippen molar-refractivity contribution in [2.24, 2.45) is 11.7 Å². The van der Waals surface area contributed by atoms with Crippen LogP contribution in [0.25, 0.3) is 0 Å². The van der Waals surface area contributed by atoms with Crippen LogP contribution in [0.4, 0.5) is 0 Å². The summed E-state index contributed by atoms with van der Waals surface area (Å²) < 4.78 is 0. The number of amides is 2. The molecule has 1 aromatic carbocycles. The molecule has 2 rings (SSSR count). The Bertz CT molecular complexity index is 575. The second kappa shape index (κ2) is 7.79. The minimum Gasteiger partial charge on any atom is -0.345 e. The predicted molar refractivity (Wildman–Crippen MR) is 94.0 cm³/mol. The van der Waals surface area contributed by atoms with E-state index in [1.54, 1.807) is 36.2 Å². The van der Waals surface area contributed by atoms with Gasteiger partial charge >= 0.3 is 0 Å². The zero-order chi connectivity index (χ0) is 16.3. The summed E-state index contributed by atoms with van der Waals surface area (Å²) in [5.74, 6) is 0.201. The number of nitrogens with one attached hydrogen (secondary N) is 1. The standard InChI is InChI=1S/C17H25N3O2.ClH/c1-4-20(3)16(22)13-7-5-6-12(10-13)15(21)19-17(2,11-18)14-8-9-14;/h5-7,10,14H,4,8-9,11,18H2,1-3H3,(H,19,21);1H. The Morgan fingerprint density at radius 1 is 1.35 bits per heavy atom. The van der Waals surface area contributed by atoms with Gasteiger partial charge in [-0.3, -0.25) is 9.59 Å². The molecule has 128 valence electrons. The first-order valence-corrected chi connectivity index (χ1v) is 7.79. The van der Waals surface area contributed by atoms with Gasteiger partial charge in [0.05, 0.1) is 5.54 Å². The summed E-state index contributed by atoms with van der Waals surface area (Å²) in [4.78, 5) is 26.3. The maximum atomic E-state index is 12.5. The van der Waals surface area contributed by atoms with Crippen molar-refractivity contribution in [1.82, 2.24) is 10.2 Å². The van der Waals surface area contributed by atoms with E-state index in [0.29, 0.717) is 30.1 Å². The normalized spacial score (nSPS) is 16.0. The molecule has 1 fully saturated rings. The summed E-state index contributed by atoms with van der Waals surface area (Å²) in [5, 5.41) is 3.04. The van der Waals surface area contributed by atoms with Gasteiger partial charge in [-0.1, -0.05) is 6.07 Å². The molecule has 1 saturated carbocycles. The molecule has 3 N–H and O–H groups in total. The molecular formula is C17H26ClN3O2. The Labute approximate surface area is 144 Å². The van der Waals surface area contributed by atoms with Gasteiger partial charge in [0, 0.05) is 31.3 Å². The van der Waals surface area contributed by atoms with Crippen LogP contribution in [0, 0.1) is 5.92 Å². The number of benzene rings is 1. The van der Waals surface area contributed by atoms with Crippen molar-refractivity contribution in [3.05, 3.63) is 35.4 Å². The van der Waals surface area contributed by atoms with Gasteiger partial charge in [0.2, 0.25) is 0 Å². The lowest BCUT2D eigenvalue weighted by Crippen LogP contribution is -2.53. The van der Waals surface area contributed by atoms with Gasteiger partial charge in [-0.25, -0.2) is 0 Å². The monoisotopic (exact) mass is 339 g/mol. The fourth-order valence-electron chi connectivity index (χ4n) is 2.53. The summed E-state index contributed by atoms with van der Waals surface area (Å²) in [6.45, 7) is 4.95. The van der Waals surface area contributed by atoms with Gasteiger partial charge in [0.15, 0.2) is 0 Å². The number of carbonyl (C=O) groups is 2. The number of nitrogens with two attached hydrogens (primary N) is 1. The molecule has 0 saturated heterocycles. The molecule has 1 atom stereocenters. The molecule has 0 aliphatic heterocycles. The Hall–Kier alpha value is -1.59. The first-order valence-electron chi connectivity index (χ1n) is 7.79. The molecule has 0 radical (unpaired) electrons. The highest BCUT2D eigenvalue weighted by Gasteiger charge is 2.41. The van der Waals surface area contributed by atoms with Crippen LogP contribution in [0.15, 0.2) is 24.3 Å². The van der Waals surface area contributed by atoms with Crippen molar-refractivity contribution in [3.63, 3.8) is 0 Å². The van der Waals surface area contributed by atoms with Crippen molar-refractivity contribution in [3.8, 4) is 0 Å². The van der Waals surface area contributed by atoms with Gasteiger partial charge in [-0.2, -0.15) is 0 Å². The summed E-state index contributed by atoms with van der Waals surface area (Å²) in [6.07, 6.45) is 2.21. The Kier molecular flexibility index (Phi) is 6.59. The van der Waals surface area contributed by atoms with Crippen LogP contribution in [0.2, 0.25) is 0 Å². The zero-order valence-corrected chi connectivity index (χ0v) is 14.8. The summed E-state index contributed by atoms with van der Waals surface area (Å²) in [7, 11) is 1.74. The summed E-state index contributed by atoms with van der Waals surface area (Å²) in [6, 6.07) is 6.84. The van der Waals surface area contributed by atoms with E-state index in [2.05, 4.69) is 5.32 Å². The van der Waals surface area contributed by atoms with Crippen LogP contribution in [0.3, 0.4) is 0 Å². The topological polar surface area (TPSA) is 75.4 Å².